The van der Waals surface area contributed by atoms with Gasteiger partial charge in [0, 0.05) is 33.8 Å². The molecular formula is C38H26N6O5. The third-order valence-corrected chi connectivity index (χ3v) is 8.44. The van der Waals surface area contributed by atoms with Gasteiger partial charge in [0.05, 0.1) is 11.3 Å². The van der Waals surface area contributed by atoms with E-state index in [0.29, 0.717) is 45.3 Å². The van der Waals surface area contributed by atoms with Crippen LogP contribution in [0.1, 0.15) is 45.7 Å². The van der Waals surface area contributed by atoms with E-state index in [4.69, 9.17) is 15.4 Å². The number of carbonyl (C=O) groups is 3. The van der Waals surface area contributed by atoms with Crippen LogP contribution in [0, 0.1) is 11.3 Å². The molecule has 0 radical (unpaired) electrons. The Labute approximate surface area is 279 Å². The highest BCUT2D eigenvalue weighted by Crippen LogP contribution is 2.47. The number of nitrogen functional groups attached to an aromatic ring is 1. The number of allylic oxidation sites excluding steroid dienone is 1. The van der Waals surface area contributed by atoms with Gasteiger partial charge in [0.2, 0.25) is 5.95 Å². The minimum absolute atomic E-state index is 0.0368. The number of H-pyrrole nitrogens is 1. The lowest BCUT2D eigenvalue weighted by molar-refractivity contribution is -0.126. The molecule has 11 nitrogen and oxygen atoms in total. The summed E-state index contributed by atoms with van der Waals surface area (Å²) in [6.45, 7) is 1.57. The molecule has 1 atom stereocenters. The Morgan fingerprint density at radius 2 is 1.51 bits per heavy atom. The van der Waals surface area contributed by atoms with Gasteiger partial charge in [-0.3, -0.25) is 29.5 Å². The number of anilines is 2. The van der Waals surface area contributed by atoms with Crippen molar-refractivity contribution in [2.24, 2.45) is 0 Å². The summed E-state index contributed by atoms with van der Waals surface area (Å²) in [5, 5.41) is 14.4. The Balaban J connectivity index is 0.000000156. The van der Waals surface area contributed by atoms with E-state index < -0.39 is 17.7 Å². The number of nitrogens with one attached hydrogen (secondary N) is 3. The number of fused-ring (bicyclic) bond motifs is 3. The number of carbonyl (C=O) groups excluding carboxylic acids is 3. The van der Waals surface area contributed by atoms with Crippen LogP contribution in [0.2, 0.25) is 0 Å². The Morgan fingerprint density at radius 3 is 2.22 bits per heavy atom. The van der Waals surface area contributed by atoms with Gasteiger partial charge in [0.1, 0.15) is 29.0 Å². The van der Waals surface area contributed by atoms with E-state index in [1.165, 1.54) is 6.08 Å². The third-order valence-electron chi connectivity index (χ3n) is 8.44. The first-order valence-corrected chi connectivity index (χ1v) is 15.2. The van der Waals surface area contributed by atoms with Crippen LogP contribution in [0.5, 0.6) is 0 Å². The zero-order valence-electron chi connectivity index (χ0n) is 25.9. The van der Waals surface area contributed by atoms with Crippen molar-refractivity contribution in [2.45, 2.75) is 12.8 Å². The molecule has 0 spiro atoms. The molecule has 2 aromatic heterocycles. The molecule has 5 aromatic rings. The van der Waals surface area contributed by atoms with Crippen molar-refractivity contribution in [2.75, 3.05) is 11.1 Å². The molecular weight excluding hydrogens is 620 g/mol. The Bertz CT molecular complexity index is 2390. The standard InChI is InChI=1S/C20H14N4O2.C18H12N2O3/c21-20-23-18-15(19(26)24-20)13(10-6-2-1-3-7-10)14-16(22-18)11-8-4-5-9-12(11)17(14)25;1-11-14(17(21)20-18(22)15(11)10-19)9-13-7-8-16(23-13)12-5-3-2-4-6-12/h1-9,13H,(H4,21,22,23,24,26);2-9H,1H3,(H,20,21,22)/b;14-9-. The lowest BCUT2D eigenvalue weighted by Crippen LogP contribution is -2.37. The summed E-state index contributed by atoms with van der Waals surface area (Å²) in [5.41, 5.74) is 10.8. The first kappa shape index (κ1) is 30.6. The second-order valence-corrected chi connectivity index (χ2v) is 11.4. The van der Waals surface area contributed by atoms with E-state index >= 15 is 0 Å². The van der Waals surface area contributed by atoms with Crippen molar-refractivity contribution in [1.82, 2.24) is 15.3 Å². The maximum atomic E-state index is 13.1. The van der Waals surface area contributed by atoms with Crippen LogP contribution in [-0.4, -0.2) is 27.6 Å². The number of hydrogen-bond acceptors (Lipinski definition) is 9. The molecule has 49 heavy (non-hydrogen) atoms. The molecule has 3 aromatic carbocycles. The zero-order valence-corrected chi connectivity index (χ0v) is 25.9. The van der Waals surface area contributed by atoms with Crippen molar-refractivity contribution in [1.29, 1.82) is 5.26 Å². The number of aromatic nitrogens is 2. The van der Waals surface area contributed by atoms with E-state index in [-0.39, 0.29) is 28.4 Å². The first-order chi connectivity index (χ1) is 23.7. The molecule has 8 rings (SSSR count). The van der Waals surface area contributed by atoms with E-state index in [1.54, 1.807) is 25.1 Å². The van der Waals surface area contributed by atoms with Crippen molar-refractivity contribution >= 4 is 41.1 Å². The SMILES string of the molecule is CC1=C(C#N)C(=O)NC(=O)/C1=C\c1ccc(-c2ccccc2)o1.Nc1nc2c(c(=O)[nH]1)C(c1ccccc1)C1=C(N2)c2ccccc2C1=O. The number of Topliss-reactive ketones (excluding diaryl/α,β-unsaturated/α-hetero) is 1. The lowest BCUT2D eigenvalue weighted by Gasteiger charge is -2.27. The molecule has 238 valence electrons. The van der Waals surface area contributed by atoms with E-state index in [0.717, 1.165) is 16.7 Å². The summed E-state index contributed by atoms with van der Waals surface area (Å²) < 4.78 is 5.72. The highest BCUT2D eigenvalue weighted by Gasteiger charge is 2.42. The maximum absolute atomic E-state index is 13.1. The number of nitrogens with zero attached hydrogens (tertiary/aromatic N) is 2. The molecule has 2 aliphatic heterocycles. The Morgan fingerprint density at radius 1 is 0.837 bits per heavy atom. The second kappa shape index (κ2) is 12.3. The number of nitrogens with two attached hydrogens (primary N) is 1. The van der Waals surface area contributed by atoms with Crippen LogP contribution in [-0.2, 0) is 9.59 Å². The molecule has 0 bridgehead atoms. The Hall–Kier alpha value is -7.06. The molecule has 3 aliphatic rings. The van der Waals surface area contributed by atoms with Gasteiger partial charge in [-0.25, -0.2) is 0 Å². The van der Waals surface area contributed by atoms with Crippen LogP contribution in [0.4, 0.5) is 11.8 Å². The fraction of sp³-hybridized carbons (Fsp3) is 0.0526. The third kappa shape index (κ3) is 5.43. The molecule has 0 saturated heterocycles. The van der Waals surface area contributed by atoms with Gasteiger partial charge >= 0.3 is 0 Å². The molecule has 0 saturated carbocycles. The summed E-state index contributed by atoms with van der Waals surface area (Å²) in [6.07, 6.45) is 1.53. The predicted molar refractivity (Wildman–Crippen MR) is 182 cm³/mol. The fourth-order valence-electron chi connectivity index (χ4n) is 6.16. The Kier molecular flexibility index (Phi) is 7.66. The van der Waals surface area contributed by atoms with Crippen LogP contribution in [0.15, 0.2) is 129 Å². The second-order valence-electron chi connectivity index (χ2n) is 11.4. The zero-order chi connectivity index (χ0) is 34.2. The monoisotopic (exact) mass is 646 g/mol. The number of ketones is 1. The topological polar surface area (TPSA) is 184 Å². The van der Waals surface area contributed by atoms with E-state index in [1.807, 2.05) is 84.9 Å². The molecule has 5 N–H and O–H groups in total. The largest absolute Gasteiger partial charge is 0.457 e. The number of benzene rings is 3. The normalized spacial score (nSPS) is 16.9. The van der Waals surface area contributed by atoms with Gasteiger partial charge in [-0.05, 0) is 36.3 Å². The van der Waals surface area contributed by atoms with Crippen molar-refractivity contribution < 1.29 is 18.8 Å². The number of nitriles is 1. The van der Waals surface area contributed by atoms with Gasteiger partial charge in [-0.2, -0.15) is 10.2 Å². The van der Waals surface area contributed by atoms with Gasteiger partial charge < -0.3 is 15.5 Å². The molecule has 4 heterocycles. The van der Waals surface area contributed by atoms with Crippen LogP contribution < -0.4 is 21.9 Å². The first-order valence-electron chi connectivity index (χ1n) is 15.2. The minimum Gasteiger partial charge on any atom is -0.457 e. The highest BCUT2D eigenvalue weighted by atomic mass is 16.3. The molecule has 0 fully saturated rings. The smallest absolute Gasteiger partial charge is 0.269 e. The minimum atomic E-state index is -0.670. The van der Waals surface area contributed by atoms with Gasteiger partial charge in [-0.15, -0.1) is 0 Å². The molecule has 11 heteroatoms. The summed E-state index contributed by atoms with van der Waals surface area (Å²) in [7, 11) is 0. The van der Waals surface area contributed by atoms with Crippen LogP contribution >= 0.6 is 0 Å². The van der Waals surface area contributed by atoms with Gasteiger partial charge in [-0.1, -0.05) is 84.9 Å². The summed E-state index contributed by atoms with van der Waals surface area (Å²) in [4.78, 5) is 56.2. The summed E-state index contributed by atoms with van der Waals surface area (Å²) >= 11 is 0. The van der Waals surface area contributed by atoms with Gasteiger partial charge in [0.25, 0.3) is 17.4 Å². The average Bonchev–Trinajstić information content (AvgIpc) is 3.69. The fourth-order valence-corrected chi connectivity index (χ4v) is 6.16. The highest BCUT2D eigenvalue weighted by molar-refractivity contribution is 6.24. The maximum Gasteiger partial charge on any atom is 0.269 e. The van der Waals surface area contributed by atoms with Crippen LogP contribution in [0.3, 0.4) is 0 Å². The molecule has 1 unspecified atom stereocenters. The van der Waals surface area contributed by atoms with Crippen LogP contribution in [0.25, 0.3) is 23.1 Å². The van der Waals surface area contributed by atoms with Crippen molar-refractivity contribution in [3.63, 3.8) is 0 Å². The number of rotatable bonds is 3. The lowest BCUT2D eigenvalue weighted by atomic mass is 9.82. The predicted octanol–water partition coefficient (Wildman–Crippen LogP) is 5.34. The van der Waals surface area contributed by atoms with Crippen molar-refractivity contribution in [3.8, 4) is 17.4 Å². The number of hydrogen-bond donors (Lipinski definition) is 4. The van der Waals surface area contributed by atoms with E-state index in [9.17, 15) is 19.2 Å². The van der Waals surface area contributed by atoms with Crippen molar-refractivity contribution in [3.05, 3.63) is 158 Å². The number of furan rings is 1. The quantitative estimate of drug-likeness (QED) is 0.148. The summed E-state index contributed by atoms with van der Waals surface area (Å²) in [6, 6.07) is 31.8. The average molecular weight is 647 g/mol. The number of amides is 2. The summed E-state index contributed by atoms with van der Waals surface area (Å²) in [5.74, 6) is -0.205. The van der Waals surface area contributed by atoms with Gasteiger partial charge in [0.15, 0.2) is 5.78 Å². The van der Waals surface area contributed by atoms with E-state index in [2.05, 4.69) is 20.6 Å². The molecule has 2 amide bonds. The molecule has 1 aliphatic carbocycles. The number of aromatic amines is 1. The number of imide groups is 1.